The Morgan fingerprint density at radius 2 is 1.93 bits per heavy atom. The third-order valence-corrected chi connectivity index (χ3v) is 1.49. The van der Waals surface area contributed by atoms with Gasteiger partial charge in [0.1, 0.15) is 0 Å². The molecule has 0 radical (unpaired) electrons. The number of nitrogens with two attached hydrogens (primary N) is 1. The Morgan fingerprint density at radius 3 is 2.20 bits per heavy atom. The van der Waals surface area contributed by atoms with Crippen LogP contribution < -0.4 is 5.73 Å². The van der Waals surface area contributed by atoms with Crippen LogP contribution in [0.5, 0.6) is 0 Å². The highest BCUT2D eigenvalue weighted by Crippen LogP contribution is 1.95. The van der Waals surface area contributed by atoms with Gasteiger partial charge < -0.3 is 15.2 Å². The first kappa shape index (κ1) is 16.3. The normalized spacial score (nSPS) is 10.7. The maximum atomic E-state index is 10.7. The van der Waals surface area contributed by atoms with Gasteiger partial charge in [-0.1, -0.05) is 6.92 Å². The summed E-state index contributed by atoms with van der Waals surface area (Å²) in [5.41, 5.74) is 5.50. The van der Waals surface area contributed by atoms with Crippen molar-refractivity contribution in [3.8, 4) is 0 Å². The van der Waals surface area contributed by atoms with Gasteiger partial charge in [0.2, 0.25) is 0 Å². The van der Waals surface area contributed by atoms with E-state index in [4.69, 9.17) is 10.5 Å². The van der Waals surface area contributed by atoms with E-state index >= 15 is 0 Å². The van der Waals surface area contributed by atoms with Crippen molar-refractivity contribution in [1.29, 1.82) is 0 Å². The quantitative estimate of drug-likeness (QED) is 0.529. The van der Waals surface area contributed by atoms with E-state index in [1.54, 1.807) is 13.8 Å². The zero-order valence-electron chi connectivity index (χ0n) is 9.69. The Kier molecular flexibility index (Phi) is 14.0. The molecule has 90 valence electrons. The van der Waals surface area contributed by atoms with E-state index in [1.165, 1.54) is 0 Å². The average molecular weight is 219 g/mol. The summed E-state index contributed by atoms with van der Waals surface area (Å²) < 4.78 is 8.85. The molecule has 5 nitrogen and oxygen atoms in total. The van der Waals surface area contributed by atoms with Crippen molar-refractivity contribution < 1.29 is 19.1 Å². The second-order valence-electron chi connectivity index (χ2n) is 2.73. The Hall–Kier alpha value is -1.10. The number of rotatable bonds is 6. The van der Waals surface area contributed by atoms with E-state index < -0.39 is 0 Å². The molecule has 0 spiro atoms. The molecule has 0 aromatic carbocycles. The monoisotopic (exact) mass is 219 g/mol. The molecule has 1 unspecified atom stereocenters. The van der Waals surface area contributed by atoms with Crippen molar-refractivity contribution in [2.75, 3.05) is 13.2 Å². The minimum atomic E-state index is -0.197. The molecule has 15 heavy (non-hydrogen) atoms. The summed E-state index contributed by atoms with van der Waals surface area (Å²) in [5.74, 6) is -0.197. The third kappa shape index (κ3) is 15.6. The highest BCUT2D eigenvalue weighted by atomic mass is 16.5. The van der Waals surface area contributed by atoms with Crippen LogP contribution in [0.1, 0.15) is 33.6 Å². The molecule has 0 bridgehead atoms. The molecule has 0 aromatic rings. The Bertz CT molecular complexity index is 162. The molecule has 0 aliphatic carbocycles. The van der Waals surface area contributed by atoms with Gasteiger partial charge in [-0.15, -0.1) is 0 Å². The van der Waals surface area contributed by atoms with Gasteiger partial charge >= 0.3 is 5.97 Å². The predicted molar refractivity (Wildman–Crippen MR) is 57.2 cm³/mol. The Morgan fingerprint density at radius 1 is 1.33 bits per heavy atom. The van der Waals surface area contributed by atoms with E-state index in [0.29, 0.717) is 26.1 Å². The maximum Gasteiger partial charge on any atom is 0.307 e. The van der Waals surface area contributed by atoms with Gasteiger partial charge in [0.25, 0.3) is 6.47 Å². The third-order valence-electron chi connectivity index (χ3n) is 1.49. The number of hydrogen-bond donors (Lipinski definition) is 1. The van der Waals surface area contributed by atoms with Crippen LogP contribution in [-0.4, -0.2) is 31.7 Å². The molecule has 0 fully saturated rings. The summed E-state index contributed by atoms with van der Waals surface area (Å²) in [6, 6.07) is -0.0425. The number of carbonyl (C=O) groups excluding carboxylic acids is 2. The van der Waals surface area contributed by atoms with Gasteiger partial charge in [0, 0.05) is 6.04 Å². The van der Waals surface area contributed by atoms with Crippen molar-refractivity contribution in [2.24, 2.45) is 5.73 Å². The highest BCUT2D eigenvalue weighted by molar-refractivity contribution is 5.69. The zero-order chi connectivity index (χ0) is 12.1. The summed E-state index contributed by atoms with van der Waals surface area (Å²) in [5, 5.41) is 0. The zero-order valence-corrected chi connectivity index (χ0v) is 9.69. The van der Waals surface area contributed by atoms with E-state index in [-0.39, 0.29) is 12.0 Å². The van der Waals surface area contributed by atoms with E-state index in [2.05, 4.69) is 4.74 Å². The van der Waals surface area contributed by atoms with Crippen LogP contribution >= 0.6 is 0 Å². The molecule has 2 N–H and O–H groups in total. The Labute approximate surface area is 90.9 Å². The maximum absolute atomic E-state index is 10.7. The molecule has 0 rings (SSSR count). The van der Waals surface area contributed by atoms with Crippen molar-refractivity contribution in [3.05, 3.63) is 0 Å². The van der Waals surface area contributed by atoms with Crippen molar-refractivity contribution in [1.82, 2.24) is 0 Å². The molecular formula is C10H21NO4. The molecule has 0 saturated heterocycles. The fraction of sp³-hybridized carbons (Fsp3) is 0.800. The number of ether oxygens (including phenoxy) is 2. The lowest BCUT2D eigenvalue weighted by molar-refractivity contribution is -0.143. The van der Waals surface area contributed by atoms with E-state index in [0.717, 1.165) is 6.42 Å². The standard InChI is InChI=1S/C7H15NO2.C3H6O2/c1-3-6(8)5-7(9)10-4-2;1-2-5-3-4/h6H,3-5,8H2,1-2H3;3H,2H2,1H3. The summed E-state index contributed by atoms with van der Waals surface area (Å²) in [6.45, 7) is 6.84. The van der Waals surface area contributed by atoms with Gasteiger partial charge in [-0.3, -0.25) is 9.59 Å². The fourth-order valence-electron chi connectivity index (χ4n) is 0.646. The van der Waals surface area contributed by atoms with Crippen molar-refractivity contribution >= 4 is 12.4 Å². The smallest absolute Gasteiger partial charge is 0.307 e. The van der Waals surface area contributed by atoms with Gasteiger partial charge in [-0.25, -0.2) is 0 Å². The van der Waals surface area contributed by atoms with E-state index in [9.17, 15) is 9.59 Å². The fourth-order valence-corrected chi connectivity index (χ4v) is 0.646. The van der Waals surface area contributed by atoms with Crippen LogP contribution in [0.25, 0.3) is 0 Å². The SMILES string of the molecule is CCOC(=O)CC(N)CC.CCOC=O. The largest absolute Gasteiger partial charge is 0.468 e. The number of carbonyl (C=O) groups is 2. The lowest BCUT2D eigenvalue weighted by Crippen LogP contribution is -2.23. The van der Waals surface area contributed by atoms with Crippen LogP contribution in [0.2, 0.25) is 0 Å². The topological polar surface area (TPSA) is 78.6 Å². The summed E-state index contributed by atoms with van der Waals surface area (Å²) >= 11 is 0. The van der Waals surface area contributed by atoms with Crippen molar-refractivity contribution in [2.45, 2.75) is 39.7 Å². The highest BCUT2D eigenvalue weighted by Gasteiger charge is 2.06. The summed E-state index contributed by atoms with van der Waals surface area (Å²) in [4.78, 5) is 19.9. The predicted octanol–water partition coefficient (Wildman–Crippen LogP) is 0.856. The van der Waals surface area contributed by atoms with Crippen LogP contribution in [-0.2, 0) is 19.1 Å². The molecule has 5 heteroatoms. The lowest BCUT2D eigenvalue weighted by Gasteiger charge is -2.06. The molecule has 0 aromatic heterocycles. The van der Waals surface area contributed by atoms with Crippen LogP contribution in [0, 0.1) is 0 Å². The summed E-state index contributed by atoms with van der Waals surface area (Å²) in [7, 11) is 0. The molecule has 1 atom stereocenters. The van der Waals surface area contributed by atoms with E-state index in [1.807, 2.05) is 6.92 Å². The van der Waals surface area contributed by atoms with Gasteiger partial charge in [0.05, 0.1) is 19.6 Å². The number of esters is 1. The molecule has 0 heterocycles. The molecule has 0 aliphatic heterocycles. The van der Waals surface area contributed by atoms with Crippen LogP contribution in [0.15, 0.2) is 0 Å². The van der Waals surface area contributed by atoms with Gasteiger partial charge in [0.15, 0.2) is 0 Å². The van der Waals surface area contributed by atoms with Crippen LogP contribution in [0.4, 0.5) is 0 Å². The molecular weight excluding hydrogens is 198 g/mol. The minimum absolute atomic E-state index is 0.0425. The average Bonchev–Trinajstić information content (AvgIpc) is 2.20. The lowest BCUT2D eigenvalue weighted by atomic mass is 10.2. The second-order valence-corrected chi connectivity index (χ2v) is 2.73. The second kappa shape index (κ2) is 12.9. The van der Waals surface area contributed by atoms with Crippen LogP contribution in [0.3, 0.4) is 0 Å². The molecule has 0 aliphatic rings. The Balaban J connectivity index is 0. The summed E-state index contributed by atoms with van der Waals surface area (Å²) in [6.07, 6.45) is 1.16. The van der Waals surface area contributed by atoms with Gasteiger partial charge in [-0.2, -0.15) is 0 Å². The first-order valence-corrected chi connectivity index (χ1v) is 5.08. The first-order valence-electron chi connectivity index (χ1n) is 5.08. The van der Waals surface area contributed by atoms with Crippen molar-refractivity contribution in [3.63, 3.8) is 0 Å². The minimum Gasteiger partial charge on any atom is -0.468 e. The number of hydrogen-bond acceptors (Lipinski definition) is 5. The molecule has 0 amide bonds. The molecule has 0 saturated carbocycles. The van der Waals surface area contributed by atoms with Gasteiger partial charge in [-0.05, 0) is 20.3 Å². The first-order chi connectivity index (χ1) is 7.12.